The van der Waals surface area contributed by atoms with Gasteiger partial charge in [0.15, 0.2) is 0 Å². The van der Waals surface area contributed by atoms with Crippen molar-refractivity contribution in [2.45, 2.75) is 94.2 Å². The number of hydrogen-bond donors (Lipinski definition) is 0. The summed E-state index contributed by atoms with van der Waals surface area (Å²) >= 11 is 0. The standard InChI is InChI=1S/2C21H24F2NO.2C5H5.Ti/c2*1-5-12-21(3,4)20(25)24(14-16-8-6-15(2)7-9-16)19-11-10-17(22)13-18(19)23;2*1-2-4-5-3-1;/h2*6-11H,5,12,14H2,1-4H3;2*1-5H;/q4*-1;+4. The van der Waals surface area contributed by atoms with Crippen LogP contribution in [0.3, 0.4) is 0 Å². The van der Waals surface area contributed by atoms with E-state index in [4.69, 9.17) is 0 Å². The number of rotatable bonds is 12. The quantitative estimate of drug-likeness (QED) is 0.0698. The van der Waals surface area contributed by atoms with Crippen molar-refractivity contribution in [3.63, 3.8) is 0 Å². The Morgan fingerprint density at radius 2 is 0.852 bits per heavy atom. The minimum Gasteiger partial charge on any atom is -0.359 e. The molecule has 0 N–H and O–H groups in total. The molecule has 0 radical (unpaired) electrons. The van der Waals surface area contributed by atoms with E-state index in [1.165, 1.54) is 21.9 Å². The van der Waals surface area contributed by atoms with Crippen LogP contribution in [0.2, 0.25) is 0 Å². The zero-order chi connectivity index (χ0) is 44.3. The van der Waals surface area contributed by atoms with Crippen LogP contribution in [-0.2, 0) is 44.4 Å². The average molecular weight is 867 g/mol. The zero-order valence-electron chi connectivity index (χ0n) is 36.7. The molecule has 0 aliphatic rings. The summed E-state index contributed by atoms with van der Waals surface area (Å²) in [6.45, 7) is 15.8. The summed E-state index contributed by atoms with van der Waals surface area (Å²) in [6.07, 6.45) is 3.05. The molecule has 0 unspecified atom stereocenters. The van der Waals surface area contributed by atoms with E-state index >= 15 is 0 Å². The number of nitrogens with zero attached hydrogens (tertiary/aromatic N) is 2. The molecule has 0 fully saturated rings. The SMILES string of the molecule is CCCC(C)(C)C(=O)N(Cc1ccc(C)cc1)c1ccc(F)[c-]c1F.CCCC(C)(C)C(=O)N(Cc1ccc(C)cc1)c1ccc(F)[c-]c1F.[Ti+4].c1cc[cH-]c1.c1cc[cH-]c1. The van der Waals surface area contributed by atoms with Crippen molar-refractivity contribution in [3.05, 3.63) is 191 Å². The van der Waals surface area contributed by atoms with Crippen LogP contribution in [0, 0.1) is 60.1 Å². The second-order valence-electron chi connectivity index (χ2n) is 16.0. The van der Waals surface area contributed by atoms with Gasteiger partial charge in [0.25, 0.3) is 0 Å². The number of anilines is 2. The molecule has 0 aliphatic carbocycles. The second-order valence-corrected chi connectivity index (χ2v) is 16.0. The average Bonchev–Trinajstić information content (AvgIpc) is 3.99. The topological polar surface area (TPSA) is 40.6 Å². The molecule has 0 atom stereocenters. The van der Waals surface area contributed by atoms with Crippen LogP contribution in [0.5, 0.6) is 0 Å². The largest absolute Gasteiger partial charge is 4.00 e. The van der Waals surface area contributed by atoms with Gasteiger partial charge in [-0.1, -0.05) is 114 Å². The van der Waals surface area contributed by atoms with Gasteiger partial charge in [0, 0.05) is 47.2 Å². The number of hydrogen-bond acceptors (Lipinski definition) is 2. The fourth-order valence-corrected chi connectivity index (χ4v) is 6.41. The molecule has 320 valence electrons. The van der Waals surface area contributed by atoms with E-state index in [9.17, 15) is 27.2 Å². The monoisotopic (exact) mass is 866 g/mol. The van der Waals surface area contributed by atoms with E-state index in [0.717, 1.165) is 47.2 Å². The normalized spacial score (nSPS) is 10.7. The fraction of sp³-hybridized carbons (Fsp3) is 0.308. The van der Waals surface area contributed by atoms with Crippen LogP contribution in [0.1, 0.15) is 89.5 Å². The Labute approximate surface area is 376 Å². The molecule has 0 aliphatic heterocycles. The zero-order valence-corrected chi connectivity index (χ0v) is 38.2. The molecule has 0 spiro atoms. The van der Waals surface area contributed by atoms with Gasteiger partial charge in [0.2, 0.25) is 11.8 Å². The van der Waals surface area contributed by atoms with Crippen molar-refractivity contribution < 1.29 is 48.9 Å². The first-order valence-corrected chi connectivity index (χ1v) is 20.3. The summed E-state index contributed by atoms with van der Waals surface area (Å²) < 4.78 is 55.1. The van der Waals surface area contributed by atoms with Gasteiger partial charge in [-0.3, -0.25) is 9.59 Å². The first-order valence-electron chi connectivity index (χ1n) is 20.3. The summed E-state index contributed by atoms with van der Waals surface area (Å²) in [7, 11) is 0. The Kier molecular flexibility index (Phi) is 21.9. The van der Waals surface area contributed by atoms with E-state index in [2.05, 4.69) is 0 Å². The van der Waals surface area contributed by atoms with Crippen molar-refractivity contribution >= 4 is 23.2 Å². The van der Waals surface area contributed by atoms with E-state index in [0.29, 0.717) is 12.8 Å². The molecule has 0 aromatic heterocycles. The van der Waals surface area contributed by atoms with Gasteiger partial charge >= 0.3 is 21.7 Å². The number of carbonyl (C=O) groups excluding carboxylic acids is 2. The minimum atomic E-state index is -0.854. The predicted octanol–water partition coefficient (Wildman–Crippen LogP) is 13.7. The van der Waals surface area contributed by atoms with Crippen LogP contribution >= 0.6 is 0 Å². The molecule has 6 aromatic rings. The van der Waals surface area contributed by atoms with Crippen LogP contribution in [0.15, 0.2) is 133 Å². The van der Waals surface area contributed by atoms with Crippen LogP contribution < -0.4 is 9.80 Å². The molecular weight excluding hydrogens is 808 g/mol. The number of carbonyl (C=O) groups is 2. The second kappa shape index (κ2) is 25.7. The summed E-state index contributed by atoms with van der Waals surface area (Å²) in [4.78, 5) is 29.0. The molecule has 6 aromatic carbocycles. The molecule has 9 heteroatoms. The van der Waals surface area contributed by atoms with E-state index in [1.54, 1.807) is 0 Å². The third-order valence-electron chi connectivity index (χ3n) is 9.70. The predicted molar refractivity (Wildman–Crippen MR) is 237 cm³/mol. The number of benzene rings is 4. The molecule has 0 heterocycles. The Balaban J connectivity index is 0.000000335. The van der Waals surface area contributed by atoms with Gasteiger partial charge in [0.05, 0.1) is 0 Å². The van der Waals surface area contributed by atoms with Gasteiger partial charge in [0.1, 0.15) is 0 Å². The smallest absolute Gasteiger partial charge is 0.359 e. The van der Waals surface area contributed by atoms with Gasteiger partial charge in [-0.15, -0.1) is 36.4 Å². The van der Waals surface area contributed by atoms with Gasteiger partial charge in [-0.05, 0) is 49.2 Å². The van der Waals surface area contributed by atoms with E-state index in [1.807, 2.05) is 177 Å². The molecule has 0 bridgehead atoms. The van der Waals surface area contributed by atoms with Crippen LogP contribution in [0.25, 0.3) is 0 Å². The molecule has 4 nitrogen and oxygen atoms in total. The maximum atomic E-state index is 14.3. The number of halogens is 4. The van der Waals surface area contributed by atoms with Crippen molar-refractivity contribution in [1.82, 2.24) is 0 Å². The van der Waals surface area contributed by atoms with Crippen molar-refractivity contribution in [1.29, 1.82) is 0 Å². The minimum absolute atomic E-state index is 0. The summed E-state index contributed by atoms with van der Waals surface area (Å²) in [5.41, 5.74) is 2.81. The Hall–Kier alpha value is -5.05. The maximum absolute atomic E-state index is 14.3. The first-order chi connectivity index (χ1) is 28.5. The molecule has 6 rings (SSSR count). The summed E-state index contributed by atoms with van der Waals surface area (Å²) in [5.74, 6) is -3.64. The van der Waals surface area contributed by atoms with Gasteiger partial charge in [-0.25, -0.2) is 41.8 Å². The van der Waals surface area contributed by atoms with Gasteiger partial charge < -0.3 is 9.80 Å². The Morgan fingerprint density at radius 3 is 1.10 bits per heavy atom. The van der Waals surface area contributed by atoms with Gasteiger partial charge in [-0.2, -0.15) is 36.4 Å². The van der Waals surface area contributed by atoms with Crippen LogP contribution in [-0.4, -0.2) is 11.8 Å². The third kappa shape index (κ3) is 17.1. The Morgan fingerprint density at radius 1 is 0.541 bits per heavy atom. The van der Waals surface area contributed by atoms with Crippen molar-refractivity contribution in [2.24, 2.45) is 10.8 Å². The third-order valence-corrected chi connectivity index (χ3v) is 9.70. The first kappa shape index (κ1) is 52.1. The van der Waals surface area contributed by atoms with Crippen LogP contribution in [0.4, 0.5) is 28.9 Å². The number of amides is 2. The summed E-state index contributed by atoms with van der Waals surface area (Å²) in [6, 6.07) is 44.3. The maximum Gasteiger partial charge on any atom is 4.00 e. The molecule has 2 amide bonds. The molecular formula is C52H58F4N2O2Ti. The number of aryl methyl sites for hydroxylation is 2. The molecule has 0 saturated carbocycles. The Bertz CT molecular complexity index is 1960. The van der Waals surface area contributed by atoms with E-state index < -0.39 is 34.1 Å². The fourth-order valence-electron chi connectivity index (χ4n) is 6.41. The van der Waals surface area contributed by atoms with E-state index in [-0.39, 0.29) is 58.0 Å². The molecule has 0 saturated heterocycles. The van der Waals surface area contributed by atoms with Crippen molar-refractivity contribution in [2.75, 3.05) is 9.80 Å². The van der Waals surface area contributed by atoms with Crippen molar-refractivity contribution in [3.8, 4) is 0 Å². The molecule has 61 heavy (non-hydrogen) atoms. The summed E-state index contributed by atoms with van der Waals surface area (Å²) in [5, 5.41) is 0.